The molecular formula is C21H24N2O3. The molecule has 0 radical (unpaired) electrons. The fraction of sp³-hybridized carbons (Fsp3) is 0.333. The molecule has 0 aliphatic carbocycles. The van der Waals surface area contributed by atoms with Gasteiger partial charge >= 0.3 is 0 Å². The molecule has 1 unspecified atom stereocenters. The van der Waals surface area contributed by atoms with E-state index in [1.54, 1.807) is 19.1 Å². The lowest BCUT2D eigenvalue weighted by Gasteiger charge is -2.32. The normalized spacial score (nSPS) is 16.0. The number of hydrogen-bond donors (Lipinski definition) is 1. The molecule has 0 fully saturated rings. The fourth-order valence-electron chi connectivity index (χ4n) is 3.00. The first kappa shape index (κ1) is 18.0. The molecule has 1 atom stereocenters. The molecule has 2 aromatic rings. The lowest BCUT2D eigenvalue weighted by Crippen LogP contribution is -2.47. The van der Waals surface area contributed by atoms with E-state index in [0.29, 0.717) is 11.4 Å². The maximum absolute atomic E-state index is 12.5. The lowest BCUT2D eigenvalue weighted by molar-refractivity contribution is -0.127. The van der Waals surface area contributed by atoms with Crippen LogP contribution in [0.4, 0.5) is 11.4 Å². The van der Waals surface area contributed by atoms with Gasteiger partial charge in [0.1, 0.15) is 12.3 Å². The Hall–Kier alpha value is -2.82. The minimum atomic E-state index is -0.601. The Kier molecular flexibility index (Phi) is 5.56. The van der Waals surface area contributed by atoms with Crippen LogP contribution in [-0.2, 0) is 16.0 Å². The summed E-state index contributed by atoms with van der Waals surface area (Å²) in [5, 5.41) is 2.87. The van der Waals surface area contributed by atoms with Crippen LogP contribution in [0.25, 0.3) is 0 Å². The van der Waals surface area contributed by atoms with Gasteiger partial charge in [-0.3, -0.25) is 14.5 Å². The first-order valence-corrected chi connectivity index (χ1v) is 9.04. The van der Waals surface area contributed by atoms with E-state index in [0.717, 1.165) is 24.9 Å². The number of benzene rings is 2. The number of carbonyl (C=O) groups is 2. The van der Waals surface area contributed by atoms with Gasteiger partial charge in [0.05, 0.1) is 5.69 Å². The number of ether oxygens (including phenoxy) is 1. The highest BCUT2D eigenvalue weighted by atomic mass is 16.5. The van der Waals surface area contributed by atoms with Gasteiger partial charge in [0.15, 0.2) is 6.10 Å². The van der Waals surface area contributed by atoms with E-state index in [4.69, 9.17) is 4.74 Å². The first-order chi connectivity index (χ1) is 12.6. The highest BCUT2D eigenvalue weighted by molar-refractivity contribution is 6.06. The van der Waals surface area contributed by atoms with E-state index in [1.165, 1.54) is 10.5 Å². The van der Waals surface area contributed by atoms with Gasteiger partial charge in [-0.25, -0.2) is 0 Å². The smallest absolute Gasteiger partial charge is 0.268 e. The van der Waals surface area contributed by atoms with Crippen LogP contribution in [-0.4, -0.2) is 24.5 Å². The number of rotatable bonds is 6. The van der Waals surface area contributed by atoms with E-state index >= 15 is 0 Å². The fourth-order valence-corrected chi connectivity index (χ4v) is 3.00. The Labute approximate surface area is 154 Å². The van der Waals surface area contributed by atoms with Crippen LogP contribution in [0.1, 0.15) is 32.3 Å². The van der Waals surface area contributed by atoms with Crippen LogP contribution >= 0.6 is 0 Å². The summed E-state index contributed by atoms with van der Waals surface area (Å²) >= 11 is 0. The molecule has 2 aromatic carbocycles. The number of unbranched alkanes of at least 4 members (excludes halogenated alkanes) is 1. The van der Waals surface area contributed by atoms with Crippen molar-refractivity contribution in [3.63, 3.8) is 0 Å². The molecule has 2 amide bonds. The topological polar surface area (TPSA) is 58.6 Å². The maximum atomic E-state index is 12.5. The van der Waals surface area contributed by atoms with Crippen molar-refractivity contribution in [2.24, 2.45) is 0 Å². The number of hydrogen-bond acceptors (Lipinski definition) is 3. The van der Waals surface area contributed by atoms with Crippen LogP contribution in [0.2, 0.25) is 0 Å². The van der Waals surface area contributed by atoms with Gasteiger partial charge < -0.3 is 10.1 Å². The van der Waals surface area contributed by atoms with Gasteiger partial charge in [0, 0.05) is 5.69 Å². The van der Waals surface area contributed by atoms with Crippen LogP contribution in [0.5, 0.6) is 5.75 Å². The zero-order valence-corrected chi connectivity index (χ0v) is 15.2. The van der Waals surface area contributed by atoms with Gasteiger partial charge in [0.25, 0.3) is 5.91 Å². The monoisotopic (exact) mass is 352 g/mol. The Balaban J connectivity index is 1.67. The van der Waals surface area contributed by atoms with Gasteiger partial charge in [-0.2, -0.15) is 0 Å². The third kappa shape index (κ3) is 4.04. The van der Waals surface area contributed by atoms with E-state index in [2.05, 4.69) is 12.2 Å². The van der Waals surface area contributed by atoms with Gasteiger partial charge in [-0.15, -0.1) is 0 Å². The van der Waals surface area contributed by atoms with Crippen LogP contribution < -0.4 is 15.0 Å². The molecule has 5 nitrogen and oxygen atoms in total. The first-order valence-electron chi connectivity index (χ1n) is 9.04. The maximum Gasteiger partial charge on any atom is 0.268 e. The number of nitrogens with one attached hydrogen (secondary N) is 1. The van der Waals surface area contributed by atoms with E-state index in [-0.39, 0.29) is 18.4 Å². The summed E-state index contributed by atoms with van der Waals surface area (Å²) in [5.41, 5.74) is 2.62. The minimum Gasteiger partial charge on any atom is -0.479 e. The number of carbonyl (C=O) groups excluding carboxylic acids is 2. The summed E-state index contributed by atoms with van der Waals surface area (Å²) in [6.45, 7) is 3.82. The number of fused-ring (bicyclic) bond motifs is 1. The molecule has 136 valence electrons. The van der Waals surface area contributed by atoms with E-state index in [1.807, 2.05) is 36.4 Å². The standard InChI is InChI=1S/C21H24N2O3/c1-3-4-7-16-10-12-17(13-11-16)22-20(24)14-23-18-8-5-6-9-19(18)26-15(2)21(23)25/h5-6,8-13,15H,3-4,7,14H2,1-2H3,(H,22,24). The molecular weight excluding hydrogens is 328 g/mol. The second-order valence-electron chi connectivity index (χ2n) is 6.50. The molecule has 1 N–H and O–H groups in total. The van der Waals surface area contributed by atoms with Crippen molar-refractivity contribution >= 4 is 23.2 Å². The quantitative estimate of drug-likeness (QED) is 0.861. The van der Waals surface area contributed by atoms with Crippen molar-refractivity contribution in [3.05, 3.63) is 54.1 Å². The molecule has 0 saturated heterocycles. The lowest BCUT2D eigenvalue weighted by atomic mass is 10.1. The van der Waals surface area contributed by atoms with Crippen molar-refractivity contribution in [2.75, 3.05) is 16.8 Å². The third-order valence-corrected chi connectivity index (χ3v) is 4.43. The zero-order valence-electron chi connectivity index (χ0n) is 15.2. The molecule has 0 bridgehead atoms. The Morgan fingerprint density at radius 1 is 1.15 bits per heavy atom. The molecule has 1 aliphatic rings. The average molecular weight is 352 g/mol. The van der Waals surface area contributed by atoms with Crippen LogP contribution in [0, 0.1) is 0 Å². The van der Waals surface area contributed by atoms with Gasteiger partial charge in [-0.1, -0.05) is 37.6 Å². The highest BCUT2D eigenvalue weighted by Crippen LogP contribution is 2.33. The van der Waals surface area contributed by atoms with Crippen LogP contribution in [0.3, 0.4) is 0 Å². The summed E-state index contributed by atoms with van der Waals surface area (Å²) in [4.78, 5) is 26.4. The van der Waals surface area contributed by atoms with Crippen molar-refractivity contribution in [2.45, 2.75) is 39.2 Å². The van der Waals surface area contributed by atoms with E-state index in [9.17, 15) is 9.59 Å². The zero-order chi connectivity index (χ0) is 18.5. The SMILES string of the molecule is CCCCc1ccc(NC(=O)CN2C(=O)C(C)Oc3ccccc32)cc1. The van der Waals surface area contributed by atoms with Crippen LogP contribution in [0.15, 0.2) is 48.5 Å². The summed E-state index contributed by atoms with van der Waals surface area (Å²) < 4.78 is 5.60. The predicted octanol–water partition coefficient (Wildman–Crippen LogP) is 3.78. The molecule has 0 spiro atoms. The molecule has 5 heteroatoms. The number of aryl methyl sites for hydroxylation is 1. The Bertz CT molecular complexity index is 786. The molecule has 3 rings (SSSR count). The minimum absolute atomic E-state index is 0.0405. The van der Waals surface area contributed by atoms with Crippen molar-refractivity contribution in [3.8, 4) is 5.75 Å². The van der Waals surface area contributed by atoms with Crippen molar-refractivity contribution in [1.29, 1.82) is 0 Å². The molecule has 1 heterocycles. The van der Waals surface area contributed by atoms with Crippen molar-refractivity contribution < 1.29 is 14.3 Å². The second-order valence-corrected chi connectivity index (χ2v) is 6.50. The summed E-state index contributed by atoms with van der Waals surface area (Å²) in [5.74, 6) is 0.171. The summed E-state index contributed by atoms with van der Waals surface area (Å²) in [6, 6.07) is 15.1. The largest absolute Gasteiger partial charge is 0.479 e. The third-order valence-electron chi connectivity index (χ3n) is 4.43. The Morgan fingerprint density at radius 2 is 1.88 bits per heavy atom. The van der Waals surface area contributed by atoms with E-state index < -0.39 is 6.10 Å². The Morgan fingerprint density at radius 3 is 2.62 bits per heavy atom. The summed E-state index contributed by atoms with van der Waals surface area (Å²) in [7, 11) is 0. The second kappa shape index (κ2) is 8.04. The predicted molar refractivity (Wildman–Crippen MR) is 103 cm³/mol. The molecule has 1 aliphatic heterocycles. The average Bonchev–Trinajstić information content (AvgIpc) is 2.65. The molecule has 0 aromatic heterocycles. The number of anilines is 2. The van der Waals surface area contributed by atoms with Gasteiger partial charge in [0.2, 0.25) is 5.91 Å². The number of amides is 2. The van der Waals surface area contributed by atoms with Gasteiger partial charge in [-0.05, 0) is 49.6 Å². The van der Waals surface area contributed by atoms with Crippen molar-refractivity contribution in [1.82, 2.24) is 0 Å². The molecule has 0 saturated carbocycles. The highest BCUT2D eigenvalue weighted by Gasteiger charge is 2.32. The molecule has 26 heavy (non-hydrogen) atoms. The summed E-state index contributed by atoms with van der Waals surface area (Å²) in [6.07, 6.45) is 2.76. The number of nitrogens with zero attached hydrogens (tertiary/aromatic N) is 1. The number of para-hydroxylation sites is 2.